The molecule has 0 aliphatic carbocycles. The second kappa shape index (κ2) is 10.2. The molecule has 5 nitrogen and oxygen atoms in total. The van der Waals surface area contributed by atoms with Crippen LogP contribution in [0.1, 0.15) is 71.9 Å². The van der Waals surface area contributed by atoms with Crippen LogP contribution < -0.4 is 9.62 Å². The highest BCUT2D eigenvalue weighted by atomic mass is 32.2. The van der Waals surface area contributed by atoms with Gasteiger partial charge in [-0.05, 0) is 66.1 Å². The monoisotopic (exact) mass is 492 g/mol. The van der Waals surface area contributed by atoms with Crippen molar-refractivity contribution in [1.29, 1.82) is 0 Å². The lowest BCUT2D eigenvalue weighted by Crippen LogP contribution is -2.30. The fraction of sp³-hybridized carbons (Fsp3) is 0.345. The van der Waals surface area contributed by atoms with Gasteiger partial charge in [0.15, 0.2) is 0 Å². The Labute approximate surface area is 210 Å². The molecule has 6 heteroatoms. The molecule has 1 atom stereocenters. The Morgan fingerprint density at radius 1 is 0.914 bits per heavy atom. The Kier molecular flexibility index (Phi) is 7.75. The van der Waals surface area contributed by atoms with Crippen LogP contribution in [0.5, 0.6) is 0 Å². The lowest BCUT2D eigenvalue weighted by Gasteiger charge is -2.26. The molecule has 0 saturated heterocycles. The summed E-state index contributed by atoms with van der Waals surface area (Å²) in [5.41, 5.74) is 6.21. The number of hydrogen-bond donors (Lipinski definition) is 1. The maximum absolute atomic E-state index is 12.8. The number of hydrogen-bond acceptors (Lipinski definition) is 3. The standard InChI is InChI=1S/C29H36N2O3S/c1-20-9-8-10-21(2)27(20)31(35(7,33)34)19-23-11-13-25(14-12-23)28(32)30-22(3)24-15-17-26(18-16-24)29(4,5)6/h8-18,22H,19H2,1-7H3,(H,30,32)/t22-/m0/s1. The largest absolute Gasteiger partial charge is 0.346 e. The number of para-hydroxylation sites is 1. The number of amides is 1. The van der Waals surface area contributed by atoms with Crippen LogP contribution in [0.3, 0.4) is 0 Å². The lowest BCUT2D eigenvalue weighted by molar-refractivity contribution is 0.0940. The van der Waals surface area contributed by atoms with Crippen molar-refractivity contribution in [3.05, 3.63) is 100 Å². The van der Waals surface area contributed by atoms with Crippen molar-refractivity contribution in [2.24, 2.45) is 0 Å². The van der Waals surface area contributed by atoms with Gasteiger partial charge in [0.05, 0.1) is 24.5 Å². The quantitative estimate of drug-likeness (QED) is 0.436. The molecule has 186 valence electrons. The Balaban J connectivity index is 1.73. The van der Waals surface area contributed by atoms with Crippen molar-refractivity contribution >= 4 is 21.6 Å². The van der Waals surface area contributed by atoms with Crippen LogP contribution in [-0.4, -0.2) is 20.6 Å². The fourth-order valence-electron chi connectivity index (χ4n) is 4.12. The smallest absolute Gasteiger partial charge is 0.251 e. The van der Waals surface area contributed by atoms with E-state index in [2.05, 4.69) is 50.4 Å². The Morgan fingerprint density at radius 2 is 1.46 bits per heavy atom. The van der Waals surface area contributed by atoms with Gasteiger partial charge in [0.25, 0.3) is 5.91 Å². The van der Waals surface area contributed by atoms with Gasteiger partial charge in [-0.2, -0.15) is 0 Å². The van der Waals surface area contributed by atoms with Crippen molar-refractivity contribution in [1.82, 2.24) is 5.32 Å². The summed E-state index contributed by atoms with van der Waals surface area (Å²) >= 11 is 0. The second-order valence-corrected chi connectivity index (χ2v) is 12.2. The van der Waals surface area contributed by atoms with E-state index in [1.165, 1.54) is 16.1 Å². The van der Waals surface area contributed by atoms with Gasteiger partial charge in [-0.25, -0.2) is 8.42 Å². The second-order valence-electron chi connectivity index (χ2n) is 10.3. The minimum atomic E-state index is -3.49. The van der Waals surface area contributed by atoms with Crippen LogP contribution >= 0.6 is 0 Å². The Morgan fingerprint density at radius 3 is 1.94 bits per heavy atom. The van der Waals surface area contributed by atoms with E-state index >= 15 is 0 Å². The summed E-state index contributed by atoms with van der Waals surface area (Å²) < 4.78 is 26.6. The van der Waals surface area contributed by atoms with E-state index in [4.69, 9.17) is 0 Å². The van der Waals surface area contributed by atoms with E-state index in [9.17, 15) is 13.2 Å². The molecule has 1 amide bonds. The summed E-state index contributed by atoms with van der Waals surface area (Å²) in [5, 5.41) is 3.05. The molecular formula is C29H36N2O3S. The third kappa shape index (κ3) is 6.51. The predicted octanol–water partition coefficient (Wildman–Crippen LogP) is 6.06. The maximum atomic E-state index is 12.8. The highest BCUT2D eigenvalue weighted by molar-refractivity contribution is 7.92. The van der Waals surface area contributed by atoms with E-state index in [1.54, 1.807) is 12.1 Å². The fourth-order valence-corrected chi connectivity index (χ4v) is 5.13. The number of rotatable bonds is 7. The summed E-state index contributed by atoms with van der Waals surface area (Å²) in [6.07, 6.45) is 1.22. The number of anilines is 1. The van der Waals surface area contributed by atoms with Crippen molar-refractivity contribution in [2.45, 2.75) is 59.5 Å². The zero-order chi connectivity index (χ0) is 26.0. The van der Waals surface area contributed by atoms with Crippen LogP contribution in [0, 0.1) is 13.8 Å². The van der Waals surface area contributed by atoms with Gasteiger partial charge in [-0.3, -0.25) is 9.10 Å². The maximum Gasteiger partial charge on any atom is 0.251 e. The molecule has 0 bridgehead atoms. The Hall–Kier alpha value is -3.12. The van der Waals surface area contributed by atoms with Gasteiger partial charge in [0.1, 0.15) is 0 Å². The summed E-state index contributed by atoms with van der Waals surface area (Å²) in [7, 11) is -3.49. The van der Waals surface area contributed by atoms with Crippen molar-refractivity contribution < 1.29 is 13.2 Å². The highest BCUT2D eigenvalue weighted by Crippen LogP contribution is 2.29. The molecule has 1 N–H and O–H groups in total. The van der Waals surface area contributed by atoms with Crippen LogP contribution in [0.2, 0.25) is 0 Å². The number of nitrogens with zero attached hydrogens (tertiary/aromatic N) is 1. The molecule has 0 aliphatic heterocycles. The number of carbonyl (C=O) groups is 1. The van der Waals surface area contributed by atoms with Gasteiger partial charge >= 0.3 is 0 Å². The zero-order valence-corrected chi connectivity index (χ0v) is 22.5. The van der Waals surface area contributed by atoms with E-state index in [0.717, 1.165) is 22.3 Å². The number of benzene rings is 3. The average Bonchev–Trinajstić information content (AvgIpc) is 2.77. The van der Waals surface area contributed by atoms with Crippen LogP contribution in [0.25, 0.3) is 0 Å². The van der Waals surface area contributed by atoms with Gasteiger partial charge in [0, 0.05) is 5.56 Å². The topological polar surface area (TPSA) is 66.5 Å². The minimum Gasteiger partial charge on any atom is -0.346 e. The summed E-state index contributed by atoms with van der Waals surface area (Å²) in [6.45, 7) is 12.5. The minimum absolute atomic E-state index is 0.0807. The van der Waals surface area contributed by atoms with Crippen LogP contribution in [-0.2, 0) is 22.0 Å². The van der Waals surface area contributed by atoms with Gasteiger partial charge in [-0.15, -0.1) is 0 Å². The summed E-state index contributed by atoms with van der Waals surface area (Å²) in [6, 6.07) is 21.0. The molecular weight excluding hydrogens is 456 g/mol. The van der Waals surface area contributed by atoms with Crippen molar-refractivity contribution in [3.8, 4) is 0 Å². The van der Waals surface area contributed by atoms with E-state index in [1.807, 2.05) is 51.1 Å². The third-order valence-electron chi connectivity index (χ3n) is 6.26. The lowest BCUT2D eigenvalue weighted by atomic mass is 9.86. The van der Waals surface area contributed by atoms with Gasteiger partial charge in [-0.1, -0.05) is 75.4 Å². The molecule has 3 rings (SSSR count). The molecule has 3 aromatic carbocycles. The number of nitrogens with one attached hydrogen (secondary N) is 1. The molecule has 0 radical (unpaired) electrons. The average molecular weight is 493 g/mol. The molecule has 0 saturated carbocycles. The van der Waals surface area contributed by atoms with Crippen molar-refractivity contribution in [3.63, 3.8) is 0 Å². The summed E-state index contributed by atoms with van der Waals surface area (Å²) in [5.74, 6) is -0.168. The summed E-state index contributed by atoms with van der Waals surface area (Å²) in [4.78, 5) is 12.8. The molecule has 0 aromatic heterocycles. The molecule has 0 heterocycles. The Bertz CT molecular complexity index is 1270. The SMILES string of the molecule is Cc1cccc(C)c1N(Cc1ccc(C(=O)N[C@@H](C)c2ccc(C(C)(C)C)cc2)cc1)S(C)(=O)=O. The molecule has 3 aromatic rings. The number of carbonyl (C=O) groups excluding carboxylic acids is 1. The number of sulfonamides is 1. The number of aryl methyl sites for hydroxylation is 2. The normalized spacial score (nSPS) is 12.8. The first kappa shape index (κ1) is 26.5. The third-order valence-corrected chi connectivity index (χ3v) is 7.37. The molecule has 0 fully saturated rings. The van der Waals surface area contributed by atoms with Crippen molar-refractivity contribution in [2.75, 3.05) is 10.6 Å². The molecule has 0 aliphatic rings. The highest BCUT2D eigenvalue weighted by Gasteiger charge is 2.22. The van der Waals surface area contributed by atoms with E-state index in [-0.39, 0.29) is 23.9 Å². The first-order chi connectivity index (χ1) is 16.3. The molecule has 0 unspecified atom stereocenters. The van der Waals surface area contributed by atoms with Crippen LogP contribution in [0.15, 0.2) is 66.7 Å². The van der Waals surface area contributed by atoms with Crippen LogP contribution in [0.4, 0.5) is 5.69 Å². The predicted molar refractivity (Wildman–Crippen MR) is 144 cm³/mol. The van der Waals surface area contributed by atoms with Gasteiger partial charge < -0.3 is 5.32 Å². The first-order valence-electron chi connectivity index (χ1n) is 11.8. The van der Waals surface area contributed by atoms with E-state index < -0.39 is 10.0 Å². The molecule has 35 heavy (non-hydrogen) atoms. The van der Waals surface area contributed by atoms with E-state index in [0.29, 0.717) is 11.3 Å². The first-order valence-corrected chi connectivity index (χ1v) is 13.7. The molecule has 0 spiro atoms. The van der Waals surface area contributed by atoms with Gasteiger partial charge in [0.2, 0.25) is 10.0 Å². The zero-order valence-electron chi connectivity index (χ0n) is 21.7.